The Bertz CT molecular complexity index is 918. The summed E-state index contributed by atoms with van der Waals surface area (Å²) in [5.41, 5.74) is 2.42. The van der Waals surface area contributed by atoms with E-state index in [1.165, 1.54) is 4.31 Å². The quantitative estimate of drug-likeness (QED) is 0.630. The van der Waals surface area contributed by atoms with E-state index in [1.807, 2.05) is 50.2 Å². The van der Waals surface area contributed by atoms with E-state index < -0.39 is 10.0 Å². The Morgan fingerprint density at radius 1 is 0.962 bits per heavy atom. The van der Waals surface area contributed by atoms with Crippen LogP contribution in [0.15, 0.2) is 47.4 Å². The summed E-state index contributed by atoms with van der Waals surface area (Å²) < 4.78 is 28.4. The fraction of sp³-hybridized carbons (Fsp3) is 0.316. The molecule has 26 heavy (non-hydrogen) atoms. The molecule has 0 aliphatic carbocycles. The molecule has 1 aliphatic rings. The number of halogens is 1. The molecule has 0 unspecified atom stereocenters. The average Bonchev–Trinajstić information content (AvgIpc) is 2.61. The van der Waals surface area contributed by atoms with Gasteiger partial charge in [0.2, 0.25) is 10.0 Å². The van der Waals surface area contributed by atoms with Crippen molar-refractivity contribution in [3.05, 3.63) is 62.7 Å². The van der Waals surface area contributed by atoms with Gasteiger partial charge in [-0.3, -0.25) is 4.79 Å². The van der Waals surface area contributed by atoms with Gasteiger partial charge in [0.1, 0.15) is 0 Å². The Kier molecular flexibility index (Phi) is 5.69. The third kappa shape index (κ3) is 3.94. The molecule has 2 aromatic rings. The lowest BCUT2D eigenvalue weighted by atomic mass is 10.2. The fourth-order valence-electron chi connectivity index (χ4n) is 3.13. The number of rotatable bonds is 3. The van der Waals surface area contributed by atoms with Crippen molar-refractivity contribution in [2.45, 2.75) is 18.7 Å². The molecule has 0 N–H and O–H groups in total. The number of aryl methyl sites for hydroxylation is 2. The molecule has 1 aliphatic heterocycles. The number of sulfonamides is 1. The summed E-state index contributed by atoms with van der Waals surface area (Å²) >= 11 is 2.20. The van der Waals surface area contributed by atoms with Crippen molar-refractivity contribution in [1.29, 1.82) is 0 Å². The van der Waals surface area contributed by atoms with Crippen LogP contribution in [0.5, 0.6) is 0 Å². The second-order valence-corrected chi connectivity index (χ2v) is 9.62. The van der Waals surface area contributed by atoms with Crippen molar-refractivity contribution in [3.8, 4) is 0 Å². The van der Waals surface area contributed by atoms with Crippen LogP contribution in [-0.4, -0.2) is 49.7 Å². The van der Waals surface area contributed by atoms with E-state index in [2.05, 4.69) is 22.6 Å². The largest absolute Gasteiger partial charge is 0.336 e. The smallest absolute Gasteiger partial charge is 0.253 e. The maximum absolute atomic E-state index is 12.9. The standard InChI is InChI=1S/C19H21IN2O3S/c1-14-3-8-18(15(2)13-14)26(24,25)22-11-9-21(10-12-22)19(23)16-4-6-17(20)7-5-16/h3-8,13H,9-12H2,1-2H3. The highest BCUT2D eigenvalue weighted by molar-refractivity contribution is 14.1. The van der Waals surface area contributed by atoms with Gasteiger partial charge in [-0.2, -0.15) is 4.31 Å². The average molecular weight is 484 g/mol. The Morgan fingerprint density at radius 2 is 1.58 bits per heavy atom. The van der Waals surface area contributed by atoms with Gasteiger partial charge in [0.05, 0.1) is 4.90 Å². The molecule has 1 heterocycles. The maximum Gasteiger partial charge on any atom is 0.253 e. The Morgan fingerprint density at radius 3 is 2.15 bits per heavy atom. The molecular formula is C19H21IN2O3S. The van der Waals surface area contributed by atoms with Gasteiger partial charge < -0.3 is 4.90 Å². The van der Waals surface area contributed by atoms with Gasteiger partial charge in [0.15, 0.2) is 0 Å². The molecule has 1 amide bonds. The lowest BCUT2D eigenvalue weighted by Crippen LogP contribution is -2.50. The van der Waals surface area contributed by atoms with Crippen molar-refractivity contribution in [3.63, 3.8) is 0 Å². The minimum Gasteiger partial charge on any atom is -0.336 e. The van der Waals surface area contributed by atoms with Gasteiger partial charge in [-0.05, 0) is 72.3 Å². The van der Waals surface area contributed by atoms with Crippen LogP contribution in [0.1, 0.15) is 21.5 Å². The molecule has 1 saturated heterocycles. The van der Waals surface area contributed by atoms with Crippen molar-refractivity contribution in [1.82, 2.24) is 9.21 Å². The Labute approximate surface area is 168 Å². The summed E-state index contributed by atoms with van der Waals surface area (Å²) in [4.78, 5) is 14.7. The van der Waals surface area contributed by atoms with E-state index in [4.69, 9.17) is 0 Å². The number of benzene rings is 2. The molecule has 0 bridgehead atoms. The van der Waals surface area contributed by atoms with Crippen LogP contribution in [0.3, 0.4) is 0 Å². The third-order valence-electron chi connectivity index (χ3n) is 4.57. The van der Waals surface area contributed by atoms with E-state index in [0.29, 0.717) is 36.6 Å². The summed E-state index contributed by atoms with van der Waals surface area (Å²) in [6, 6.07) is 12.8. The molecule has 2 aromatic carbocycles. The van der Waals surface area contributed by atoms with Crippen LogP contribution in [-0.2, 0) is 10.0 Å². The molecule has 3 rings (SSSR count). The zero-order valence-electron chi connectivity index (χ0n) is 14.8. The number of carbonyl (C=O) groups is 1. The van der Waals surface area contributed by atoms with E-state index in [9.17, 15) is 13.2 Å². The first-order valence-corrected chi connectivity index (χ1v) is 10.9. The van der Waals surface area contributed by atoms with Gasteiger partial charge in [0.25, 0.3) is 5.91 Å². The van der Waals surface area contributed by atoms with Gasteiger partial charge in [-0.1, -0.05) is 17.7 Å². The van der Waals surface area contributed by atoms with Crippen molar-refractivity contribution in [2.24, 2.45) is 0 Å². The highest BCUT2D eigenvalue weighted by Gasteiger charge is 2.31. The predicted molar refractivity (Wildman–Crippen MR) is 110 cm³/mol. The van der Waals surface area contributed by atoms with Crippen molar-refractivity contribution >= 4 is 38.5 Å². The van der Waals surface area contributed by atoms with Crippen LogP contribution in [0, 0.1) is 17.4 Å². The molecule has 0 spiro atoms. The molecular weight excluding hydrogens is 463 g/mol. The van der Waals surface area contributed by atoms with E-state index in [1.54, 1.807) is 11.0 Å². The van der Waals surface area contributed by atoms with Gasteiger partial charge in [-0.25, -0.2) is 8.42 Å². The van der Waals surface area contributed by atoms with Crippen LogP contribution in [0.4, 0.5) is 0 Å². The van der Waals surface area contributed by atoms with Crippen LogP contribution in [0.25, 0.3) is 0 Å². The number of carbonyl (C=O) groups excluding carboxylic acids is 1. The van der Waals surface area contributed by atoms with Crippen LogP contribution >= 0.6 is 22.6 Å². The number of amides is 1. The minimum absolute atomic E-state index is 0.0510. The molecule has 5 nitrogen and oxygen atoms in total. The van der Waals surface area contributed by atoms with Gasteiger partial charge in [-0.15, -0.1) is 0 Å². The second-order valence-electron chi connectivity index (χ2n) is 6.47. The highest BCUT2D eigenvalue weighted by Crippen LogP contribution is 2.22. The van der Waals surface area contributed by atoms with E-state index >= 15 is 0 Å². The predicted octanol–water partition coefficient (Wildman–Crippen LogP) is 3.05. The molecule has 7 heteroatoms. The van der Waals surface area contributed by atoms with E-state index in [0.717, 1.165) is 14.7 Å². The number of piperazine rings is 1. The molecule has 0 atom stereocenters. The zero-order valence-corrected chi connectivity index (χ0v) is 17.7. The zero-order chi connectivity index (χ0) is 18.9. The first kappa shape index (κ1) is 19.3. The molecule has 138 valence electrons. The molecule has 1 fully saturated rings. The summed E-state index contributed by atoms with van der Waals surface area (Å²) in [5, 5.41) is 0. The lowest BCUT2D eigenvalue weighted by molar-refractivity contribution is 0.0698. The topological polar surface area (TPSA) is 57.7 Å². The summed E-state index contributed by atoms with van der Waals surface area (Å²) in [6.45, 7) is 5.18. The van der Waals surface area contributed by atoms with Gasteiger partial charge in [0, 0.05) is 35.3 Å². The molecule has 0 radical (unpaired) electrons. The molecule has 0 aromatic heterocycles. The summed E-state index contributed by atoms with van der Waals surface area (Å²) in [6.07, 6.45) is 0. The molecule has 0 saturated carbocycles. The Balaban J connectivity index is 1.71. The first-order valence-electron chi connectivity index (χ1n) is 8.41. The van der Waals surface area contributed by atoms with E-state index in [-0.39, 0.29) is 5.91 Å². The monoisotopic (exact) mass is 484 g/mol. The van der Waals surface area contributed by atoms with Crippen molar-refractivity contribution in [2.75, 3.05) is 26.2 Å². The van der Waals surface area contributed by atoms with Crippen LogP contribution < -0.4 is 0 Å². The normalized spacial score (nSPS) is 15.9. The first-order chi connectivity index (χ1) is 12.3. The maximum atomic E-state index is 12.9. The minimum atomic E-state index is -3.53. The van der Waals surface area contributed by atoms with Crippen LogP contribution in [0.2, 0.25) is 0 Å². The van der Waals surface area contributed by atoms with Crippen molar-refractivity contribution < 1.29 is 13.2 Å². The number of hydrogen-bond acceptors (Lipinski definition) is 3. The Hall–Kier alpha value is -1.45. The number of nitrogens with zero attached hydrogens (tertiary/aromatic N) is 2. The highest BCUT2D eigenvalue weighted by atomic mass is 127. The second kappa shape index (κ2) is 7.66. The SMILES string of the molecule is Cc1ccc(S(=O)(=O)N2CCN(C(=O)c3ccc(I)cc3)CC2)c(C)c1. The third-order valence-corrected chi connectivity index (χ3v) is 7.34. The fourth-order valence-corrected chi connectivity index (χ4v) is 5.12. The lowest BCUT2D eigenvalue weighted by Gasteiger charge is -2.34. The number of hydrogen-bond donors (Lipinski definition) is 0. The van der Waals surface area contributed by atoms with Gasteiger partial charge >= 0.3 is 0 Å². The summed E-state index contributed by atoms with van der Waals surface area (Å²) in [7, 11) is -3.53. The summed E-state index contributed by atoms with van der Waals surface area (Å²) in [5.74, 6) is -0.0510.